The molecular weight excluding hydrogens is 290 g/mol. The van der Waals surface area contributed by atoms with Gasteiger partial charge in [-0.3, -0.25) is 0 Å². The summed E-state index contributed by atoms with van der Waals surface area (Å²) in [4.78, 5) is 4.01. The molecule has 24 heavy (non-hydrogen) atoms. The Morgan fingerprint density at radius 1 is 1.21 bits per heavy atom. The molecule has 1 rings (SSSR count). The monoisotopic (exact) mass is 325 g/mol. The van der Waals surface area contributed by atoms with Crippen LogP contribution in [-0.4, -0.2) is 5.71 Å². The Labute approximate surface area is 150 Å². The molecule has 132 valence electrons. The van der Waals surface area contributed by atoms with Crippen LogP contribution in [0.25, 0.3) is 0 Å². The summed E-state index contributed by atoms with van der Waals surface area (Å²) in [6.45, 7) is 8.75. The number of benzene rings is 1. The number of hydrogen-bond donors (Lipinski definition) is 0. The van der Waals surface area contributed by atoms with E-state index >= 15 is 0 Å². The van der Waals surface area contributed by atoms with Gasteiger partial charge in [0.2, 0.25) is 0 Å². The van der Waals surface area contributed by atoms with E-state index in [0.29, 0.717) is 0 Å². The fourth-order valence-electron chi connectivity index (χ4n) is 2.39. The van der Waals surface area contributed by atoms with Gasteiger partial charge in [-0.05, 0) is 43.7 Å². The van der Waals surface area contributed by atoms with E-state index in [4.69, 9.17) is 6.42 Å². The molecule has 0 aliphatic rings. The van der Waals surface area contributed by atoms with Gasteiger partial charge in [0, 0.05) is 6.04 Å². The van der Waals surface area contributed by atoms with Gasteiger partial charge in [0.15, 0.2) is 0 Å². The number of rotatable bonds is 9. The zero-order valence-corrected chi connectivity index (χ0v) is 16.1. The van der Waals surface area contributed by atoms with Crippen molar-refractivity contribution in [3.05, 3.63) is 48.0 Å². The van der Waals surface area contributed by atoms with Gasteiger partial charge in [-0.25, -0.2) is 4.99 Å². The number of hydrogen-bond acceptors (Lipinski definition) is 1. The molecule has 1 nitrogen and oxygen atoms in total. The van der Waals surface area contributed by atoms with E-state index in [1.54, 1.807) is 0 Å². The molecule has 0 aromatic heterocycles. The maximum atomic E-state index is 5.16. The summed E-state index contributed by atoms with van der Waals surface area (Å²) in [7, 11) is 0. The summed E-state index contributed by atoms with van der Waals surface area (Å²) in [5.41, 5.74) is 2.48. The standard InChI is InChI=1S/C14H23N.C9H12/c1-5-10-14(15-7-3)12-9-8-11-13(4)6-2;1-2-6-9-7-4-3-5-8-9/h3,5,10,13H,6,8-9,11-12H2,1-2,4H3;3-5,7-8H,2,6H2,1H3/b10-5-,15-14?;. The largest absolute Gasteiger partial charge is 0.203 e. The topological polar surface area (TPSA) is 12.4 Å². The lowest BCUT2D eigenvalue weighted by atomic mass is 10.00. The van der Waals surface area contributed by atoms with Crippen molar-refractivity contribution in [3.8, 4) is 12.5 Å². The summed E-state index contributed by atoms with van der Waals surface area (Å²) < 4.78 is 0. The van der Waals surface area contributed by atoms with Crippen LogP contribution >= 0.6 is 0 Å². The molecule has 0 bridgehead atoms. The van der Waals surface area contributed by atoms with Crippen molar-refractivity contribution < 1.29 is 0 Å². The quantitative estimate of drug-likeness (QED) is 0.268. The first kappa shape index (κ1) is 22.2. The molecule has 0 saturated carbocycles. The summed E-state index contributed by atoms with van der Waals surface area (Å²) in [5.74, 6) is 0.847. The first-order valence-corrected chi connectivity index (χ1v) is 9.36. The van der Waals surface area contributed by atoms with Crippen molar-refractivity contribution >= 4 is 5.71 Å². The van der Waals surface area contributed by atoms with Crippen LogP contribution in [0.4, 0.5) is 0 Å². The van der Waals surface area contributed by atoms with E-state index in [1.165, 1.54) is 44.1 Å². The minimum atomic E-state index is 0.847. The summed E-state index contributed by atoms with van der Waals surface area (Å²) in [5, 5.41) is 0. The summed E-state index contributed by atoms with van der Waals surface area (Å²) >= 11 is 0. The third-order valence-corrected chi connectivity index (χ3v) is 4.03. The predicted octanol–water partition coefficient (Wildman–Crippen LogP) is 6.84. The van der Waals surface area contributed by atoms with E-state index in [1.807, 2.05) is 19.1 Å². The number of unbranched alkanes of at least 4 members (excludes halogenated alkanes) is 1. The molecule has 0 aliphatic heterocycles. The van der Waals surface area contributed by atoms with Crippen molar-refractivity contribution in [1.29, 1.82) is 0 Å². The Bertz CT molecular complexity index is 491. The maximum absolute atomic E-state index is 5.16. The molecule has 0 heterocycles. The smallest absolute Gasteiger partial charge is 0.0507 e. The van der Waals surface area contributed by atoms with Gasteiger partial charge in [0.05, 0.1) is 5.71 Å². The summed E-state index contributed by atoms with van der Waals surface area (Å²) in [6, 6.07) is 12.9. The zero-order valence-electron chi connectivity index (χ0n) is 16.1. The normalized spacial score (nSPS) is 12.4. The van der Waals surface area contributed by atoms with Crippen molar-refractivity contribution in [2.75, 3.05) is 0 Å². The van der Waals surface area contributed by atoms with Gasteiger partial charge >= 0.3 is 0 Å². The first-order chi connectivity index (χ1) is 11.7. The van der Waals surface area contributed by atoms with E-state index in [-0.39, 0.29) is 0 Å². The van der Waals surface area contributed by atoms with Gasteiger partial charge in [0.1, 0.15) is 0 Å². The minimum Gasteiger partial charge on any atom is -0.203 e. The van der Waals surface area contributed by atoms with Gasteiger partial charge in [0.25, 0.3) is 0 Å². The molecule has 0 aliphatic carbocycles. The molecule has 0 amide bonds. The lowest BCUT2D eigenvalue weighted by molar-refractivity contribution is 0.488. The molecule has 1 atom stereocenters. The van der Waals surface area contributed by atoms with Crippen LogP contribution in [0.1, 0.15) is 71.8 Å². The van der Waals surface area contributed by atoms with Gasteiger partial charge in [-0.1, -0.05) is 89.3 Å². The van der Waals surface area contributed by atoms with Crippen LogP contribution < -0.4 is 0 Å². The molecule has 0 N–H and O–H groups in total. The molecule has 0 saturated heterocycles. The molecular formula is C23H35N. The second-order valence-corrected chi connectivity index (χ2v) is 6.23. The molecule has 0 spiro atoms. The maximum Gasteiger partial charge on any atom is 0.0507 e. The summed E-state index contributed by atoms with van der Waals surface area (Å²) in [6.07, 6.45) is 17.7. The molecule has 0 radical (unpaired) electrons. The Morgan fingerprint density at radius 2 is 1.92 bits per heavy atom. The van der Waals surface area contributed by atoms with Gasteiger partial charge in [-0.2, -0.15) is 0 Å². The Morgan fingerprint density at radius 3 is 2.46 bits per heavy atom. The lowest BCUT2D eigenvalue weighted by Gasteiger charge is -2.07. The SMILES string of the molecule is C#CN=C(/C=C\C)CCCCC(C)CC.CCCc1ccccc1. The van der Waals surface area contributed by atoms with Crippen molar-refractivity contribution in [2.45, 2.75) is 72.6 Å². The Kier molecular flexibility index (Phi) is 14.9. The zero-order chi connectivity index (χ0) is 18.0. The van der Waals surface area contributed by atoms with Crippen LogP contribution in [0, 0.1) is 18.4 Å². The van der Waals surface area contributed by atoms with Crippen LogP contribution in [-0.2, 0) is 6.42 Å². The molecule has 1 unspecified atom stereocenters. The van der Waals surface area contributed by atoms with Crippen LogP contribution in [0.3, 0.4) is 0 Å². The number of aliphatic imine (C=N–C) groups is 1. The highest BCUT2D eigenvalue weighted by atomic mass is 14.7. The van der Waals surface area contributed by atoms with E-state index in [0.717, 1.165) is 18.1 Å². The average molecular weight is 326 g/mol. The number of aryl methyl sites for hydroxylation is 1. The van der Waals surface area contributed by atoms with Crippen LogP contribution in [0.15, 0.2) is 47.5 Å². The molecule has 1 aromatic carbocycles. The van der Waals surface area contributed by atoms with Crippen molar-refractivity contribution in [1.82, 2.24) is 0 Å². The third-order valence-electron chi connectivity index (χ3n) is 4.03. The fourth-order valence-corrected chi connectivity index (χ4v) is 2.39. The number of terminal acetylenes is 1. The highest BCUT2D eigenvalue weighted by molar-refractivity contribution is 5.95. The average Bonchev–Trinajstić information content (AvgIpc) is 2.60. The predicted molar refractivity (Wildman–Crippen MR) is 109 cm³/mol. The fraction of sp³-hybridized carbons (Fsp3) is 0.522. The Hall–Kier alpha value is -1.81. The second kappa shape index (κ2) is 16.1. The third kappa shape index (κ3) is 12.7. The van der Waals surface area contributed by atoms with Gasteiger partial charge < -0.3 is 0 Å². The van der Waals surface area contributed by atoms with Gasteiger partial charge in [-0.15, -0.1) is 0 Å². The highest BCUT2D eigenvalue weighted by Gasteiger charge is 1.99. The Balaban J connectivity index is 0.000000496. The first-order valence-electron chi connectivity index (χ1n) is 9.36. The molecule has 1 aromatic rings. The van der Waals surface area contributed by atoms with Crippen molar-refractivity contribution in [2.24, 2.45) is 10.9 Å². The second-order valence-electron chi connectivity index (χ2n) is 6.23. The van der Waals surface area contributed by atoms with E-state index in [9.17, 15) is 0 Å². The lowest BCUT2D eigenvalue weighted by Crippen LogP contribution is -1.96. The number of allylic oxidation sites excluding steroid dienone is 2. The number of nitrogens with zero attached hydrogens (tertiary/aromatic N) is 1. The minimum absolute atomic E-state index is 0.847. The van der Waals surface area contributed by atoms with E-state index in [2.05, 4.69) is 62.1 Å². The van der Waals surface area contributed by atoms with Crippen LogP contribution in [0.2, 0.25) is 0 Å². The van der Waals surface area contributed by atoms with Crippen molar-refractivity contribution in [3.63, 3.8) is 0 Å². The van der Waals surface area contributed by atoms with E-state index < -0.39 is 0 Å². The highest BCUT2D eigenvalue weighted by Crippen LogP contribution is 2.12. The van der Waals surface area contributed by atoms with Crippen LogP contribution in [0.5, 0.6) is 0 Å². The molecule has 0 fully saturated rings. The molecule has 1 heteroatoms.